The van der Waals surface area contributed by atoms with Crippen LogP contribution in [0.3, 0.4) is 0 Å². The zero-order chi connectivity index (χ0) is 13.8. The fourth-order valence-electron chi connectivity index (χ4n) is 3.59. The molecule has 0 aliphatic heterocycles. The summed E-state index contributed by atoms with van der Waals surface area (Å²) in [4.78, 5) is 10.9. The van der Waals surface area contributed by atoms with E-state index < -0.39 is 0 Å². The number of hydrogen-bond donors (Lipinski definition) is 0. The Balaban J connectivity index is 2.05. The van der Waals surface area contributed by atoms with Crippen LogP contribution in [0.1, 0.15) is 69.6 Å². The molecule has 1 aromatic carbocycles. The van der Waals surface area contributed by atoms with Crippen molar-refractivity contribution in [1.82, 2.24) is 0 Å². The van der Waals surface area contributed by atoms with Crippen molar-refractivity contribution in [3.63, 3.8) is 0 Å². The highest BCUT2D eigenvalue weighted by Gasteiger charge is 2.41. The Morgan fingerprint density at radius 1 is 1.05 bits per heavy atom. The van der Waals surface area contributed by atoms with E-state index in [1.165, 1.54) is 29.5 Å². The molecule has 2 atom stereocenters. The zero-order valence-corrected chi connectivity index (χ0v) is 12.5. The molecule has 0 N–H and O–H groups in total. The third-order valence-electron chi connectivity index (χ3n) is 5.32. The van der Waals surface area contributed by atoms with Crippen LogP contribution in [0.4, 0.5) is 0 Å². The van der Waals surface area contributed by atoms with Gasteiger partial charge < -0.3 is 4.79 Å². The lowest BCUT2D eigenvalue weighted by Gasteiger charge is -2.42. The Morgan fingerprint density at radius 2 is 1.68 bits per heavy atom. The third-order valence-corrected chi connectivity index (χ3v) is 5.32. The Morgan fingerprint density at radius 3 is 2.26 bits per heavy atom. The topological polar surface area (TPSA) is 17.1 Å². The molecule has 0 heterocycles. The molecule has 0 unspecified atom stereocenters. The van der Waals surface area contributed by atoms with Gasteiger partial charge in [0.1, 0.15) is 6.29 Å². The molecule has 0 spiro atoms. The normalized spacial score (nSPS) is 30.5. The van der Waals surface area contributed by atoms with E-state index in [1.807, 2.05) is 0 Å². The van der Waals surface area contributed by atoms with Gasteiger partial charge in [0.25, 0.3) is 0 Å². The predicted molar refractivity (Wildman–Crippen MR) is 78.6 cm³/mol. The number of rotatable bonds is 2. The molecule has 3 rings (SSSR count). The van der Waals surface area contributed by atoms with Gasteiger partial charge in [0.05, 0.1) is 0 Å². The van der Waals surface area contributed by atoms with E-state index >= 15 is 0 Å². The minimum Gasteiger partial charge on any atom is -0.303 e. The van der Waals surface area contributed by atoms with Crippen LogP contribution in [0.15, 0.2) is 18.2 Å². The lowest BCUT2D eigenvalue weighted by molar-refractivity contribution is -0.108. The molecule has 1 aromatic rings. The molecule has 102 valence electrons. The Bertz CT molecular complexity index is 524. The SMILES string of the molecule is CC1(C)CCC(C)(C)c2cc([C@H]3C[C@H]3C=O)ccc21. The summed E-state index contributed by atoms with van der Waals surface area (Å²) in [7, 11) is 0. The number of hydrogen-bond acceptors (Lipinski definition) is 1. The molecule has 1 heteroatoms. The van der Waals surface area contributed by atoms with Crippen molar-refractivity contribution in [2.45, 2.75) is 63.7 Å². The number of carbonyl (C=O) groups excluding carboxylic acids is 1. The Kier molecular flexibility index (Phi) is 2.68. The summed E-state index contributed by atoms with van der Waals surface area (Å²) >= 11 is 0. The van der Waals surface area contributed by atoms with Gasteiger partial charge in [0.15, 0.2) is 0 Å². The van der Waals surface area contributed by atoms with Crippen molar-refractivity contribution in [1.29, 1.82) is 0 Å². The van der Waals surface area contributed by atoms with Gasteiger partial charge in [-0.05, 0) is 52.7 Å². The molecule has 0 aromatic heterocycles. The van der Waals surface area contributed by atoms with Crippen LogP contribution in [0.2, 0.25) is 0 Å². The van der Waals surface area contributed by atoms with Crippen LogP contribution in [-0.4, -0.2) is 6.29 Å². The standard InChI is InChI=1S/C18H24O/c1-17(2)7-8-18(3,4)16-10-12(5-6-15(16)17)14-9-13(14)11-19/h5-6,10-11,13-14H,7-9H2,1-4H3/t13-,14+/m0/s1. The first-order chi connectivity index (χ1) is 8.85. The lowest BCUT2D eigenvalue weighted by atomic mass is 9.63. The van der Waals surface area contributed by atoms with Gasteiger partial charge in [-0.1, -0.05) is 45.9 Å². The van der Waals surface area contributed by atoms with Crippen LogP contribution < -0.4 is 0 Å². The second-order valence-corrected chi connectivity index (χ2v) is 7.71. The van der Waals surface area contributed by atoms with Crippen molar-refractivity contribution in [2.24, 2.45) is 5.92 Å². The van der Waals surface area contributed by atoms with Gasteiger partial charge in [-0.2, -0.15) is 0 Å². The number of fused-ring (bicyclic) bond motifs is 1. The first kappa shape index (κ1) is 12.9. The second-order valence-electron chi connectivity index (χ2n) is 7.71. The third kappa shape index (κ3) is 2.04. The van der Waals surface area contributed by atoms with E-state index in [-0.39, 0.29) is 16.7 Å². The molecule has 2 aliphatic rings. The van der Waals surface area contributed by atoms with Gasteiger partial charge in [-0.3, -0.25) is 0 Å². The molecule has 0 amide bonds. The van der Waals surface area contributed by atoms with Gasteiger partial charge in [0.2, 0.25) is 0 Å². The van der Waals surface area contributed by atoms with Crippen LogP contribution in [0.25, 0.3) is 0 Å². The Labute approximate surface area is 116 Å². The molecular formula is C18H24O. The quantitative estimate of drug-likeness (QED) is 0.719. The Hall–Kier alpha value is -1.11. The van der Waals surface area contributed by atoms with Crippen molar-refractivity contribution in [3.8, 4) is 0 Å². The van der Waals surface area contributed by atoms with Crippen LogP contribution in [-0.2, 0) is 15.6 Å². The number of aldehydes is 1. The smallest absolute Gasteiger partial charge is 0.123 e. The zero-order valence-electron chi connectivity index (χ0n) is 12.5. The summed E-state index contributed by atoms with van der Waals surface area (Å²) in [6.07, 6.45) is 4.68. The van der Waals surface area contributed by atoms with Gasteiger partial charge in [-0.15, -0.1) is 0 Å². The fourth-order valence-corrected chi connectivity index (χ4v) is 3.59. The first-order valence-electron chi connectivity index (χ1n) is 7.45. The summed E-state index contributed by atoms with van der Waals surface area (Å²) in [6.45, 7) is 9.42. The number of benzene rings is 1. The molecule has 2 aliphatic carbocycles. The minimum absolute atomic E-state index is 0.270. The molecular weight excluding hydrogens is 232 g/mol. The molecule has 0 radical (unpaired) electrons. The van der Waals surface area contributed by atoms with Crippen molar-refractivity contribution < 1.29 is 4.79 Å². The van der Waals surface area contributed by atoms with Crippen molar-refractivity contribution >= 4 is 6.29 Å². The van der Waals surface area contributed by atoms with E-state index in [1.54, 1.807) is 0 Å². The molecule has 19 heavy (non-hydrogen) atoms. The van der Waals surface area contributed by atoms with Gasteiger partial charge in [0, 0.05) is 5.92 Å². The molecule has 1 saturated carbocycles. The first-order valence-corrected chi connectivity index (χ1v) is 7.45. The van der Waals surface area contributed by atoms with Crippen molar-refractivity contribution in [2.75, 3.05) is 0 Å². The average molecular weight is 256 g/mol. The highest BCUT2D eigenvalue weighted by atomic mass is 16.1. The van der Waals surface area contributed by atoms with E-state index in [9.17, 15) is 4.79 Å². The van der Waals surface area contributed by atoms with Crippen LogP contribution in [0, 0.1) is 5.92 Å². The second kappa shape index (κ2) is 3.94. The lowest BCUT2D eigenvalue weighted by Crippen LogP contribution is -2.33. The molecule has 0 saturated heterocycles. The van der Waals surface area contributed by atoms with E-state index in [2.05, 4.69) is 45.9 Å². The van der Waals surface area contributed by atoms with E-state index in [0.29, 0.717) is 5.92 Å². The summed E-state index contributed by atoms with van der Waals surface area (Å²) in [5.74, 6) is 0.765. The number of carbonyl (C=O) groups is 1. The van der Waals surface area contributed by atoms with Crippen LogP contribution in [0.5, 0.6) is 0 Å². The van der Waals surface area contributed by atoms with Gasteiger partial charge >= 0.3 is 0 Å². The largest absolute Gasteiger partial charge is 0.303 e. The maximum Gasteiger partial charge on any atom is 0.123 e. The minimum atomic E-state index is 0.270. The summed E-state index contributed by atoms with van der Waals surface area (Å²) in [5, 5.41) is 0. The molecule has 1 nitrogen and oxygen atoms in total. The summed E-state index contributed by atoms with van der Waals surface area (Å²) in [5.41, 5.74) is 4.96. The predicted octanol–water partition coefficient (Wildman–Crippen LogP) is 4.34. The highest BCUT2D eigenvalue weighted by Crippen LogP contribution is 2.50. The van der Waals surface area contributed by atoms with Crippen molar-refractivity contribution in [3.05, 3.63) is 34.9 Å². The average Bonchev–Trinajstić information content (AvgIpc) is 3.14. The van der Waals surface area contributed by atoms with E-state index in [4.69, 9.17) is 0 Å². The summed E-state index contributed by atoms with van der Waals surface area (Å²) < 4.78 is 0. The van der Waals surface area contributed by atoms with Gasteiger partial charge in [-0.25, -0.2) is 0 Å². The fraction of sp³-hybridized carbons (Fsp3) is 0.611. The molecule has 0 bridgehead atoms. The highest BCUT2D eigenvalue weighted by molar-refractivity contribution is 5.62. The monoisotopic (exact) mass is 256 g/mol. The van der Waals surface area contributed by atoms with E-state index in [0.717, 1.165) is 12.7 Å². The van der Waals surface area contributed by atoms with Crippen LogP contribution >= 0.6 is 0 Å². The summed E-state index contributed by atoms with van der Waals surface area (Å²) in [6, 6.07) is 6.98. The molecule has 1 fully saturated rings. The maximum absolute atomic E-state index is 10.9. The maximum atomic E-state index is 10.9.